The number of piperidine rings is 1. The second kappa shape index (κ2) is 9.09. The fraction of sp³-hybridized carbons (Fsp3) is 0.650. The molecule has 5 heteroatoms. The largest absolute Gasteiger partial charge is 0.497 e. The lowest BCUT2D eigenvalue weighted by Crippen LogP contribution is -2.42. The Balaban J connectivity index is 1.94. The van der Waals surface area contributed by atoms with Crippen molar-refractivity contribution in [2.45, 2.75) is 39.7 Å². The van der Waals surface area contributed by atoms with Crippen molar-refractivity contribution in [3.8, 4) is 11.5 Å². The number of rotatable bonds is 7. The molecule has 0 bridgehead atoms. The molecule has 1 heterocycles. The molecule has 1 fully saturated rings. The lowest BCUT2D eigenvalue weighted by atomic mass is 9.94. The molecule has 25 heavy (non-hydrogen) atoms. The SMILES string of the molecule is COc1ccc(OC)c([C@H](C)NC(=O)C2CCN(CC(C)C)CC2)c1. The van der Waals surface area contributed by atoms with Gasteiger partial charge in [-0.3, -0.25) is 4.79 Å². The van der Waals surface area contributed by atoms with Crippen LogP contribution in [0.15, 0.2) is 18.2 Å². The highest BCUT2D eigenvalue weighted by Crippen LogP contribution is 2.30. The van der Waals surface area contributed by atoms with Gasteiger partial charge in [0.1, 0.15) is 11.5 Å². The monoisotopic (exact) mass is 348 g/mol. The van der Waals surface area contributed by atoms with Crippen molar-refractivity contribution in [3.05, 3.63) is 23.8 Å². The fourth-order valence-corrected chi connectivity index (χ4v) is 3.48. The molecular weight excluding hydrogens is 316 g/mol. The Kier molecular flexibility index (Phi) is 7.12. The van der Waals surface area contributed by atoms with Gasteiger partial charge in [-0.25, -0.2) is 0 Å². The predicted octanol–water partition coefficient (Wildman–Crippen LogP) is 3.25. The van der Waals surface area contributed by atoms with E-state index in [2.05, 4.69) is 24.1 Å². The third kappa shape index (κ3) is 5.36. The van der Waals surface area contributed by atoms with Crippen LogP contribution in [-0.4, -0.2) is 44.7 Å². The first kappa shape index (κ1) is 19.6. The van der Waals surface area contributed by atoms with Crippen LogP contribution in [0, 0.1) is 11.8 Å². The quantitative estimate of drug-likeness (QED) is 0.822. The van der Waals surface area contributed by atoms with Gasteiger partial charge in [-0.05, 0) is 57.0 Å². The van der Waals surface area contributed by atoms with Crippen LogP contribution >= 0.6 is 0 Å². The van der Waals surface area contributed by atoms with Crippen molar-refractivity contribution in [2.24, 2.45) is 11.8 Å². The maximum Gasteiger partial charge on any atom is 0.223 e. The smallest absolute Gasteiger partial charge is 0.223 e. The average molecular weight is 348 g/mol. The van der Waals surface area contributed by atoms with Crippen LogP contribution in [0.2, 0.25) is 0 Å². The molecule has 0 saturated carbocycles. The van der Waals surface area contributed by atoms with Crippen LogP contribution in [0.25, 0.3) is 0 Å². The van der Waals surface area contributed by atoms with Gasteiger partial charge in [0, 0.05) is 18.0 Å². The summed E-state index contributed by atoms with van der Waals surface area (Å²) in [5, 5.41) is 3.15. The number of hydrogen-bond acceptors (Lipinski definition) is 4. The van der Waals surface area contributed by atoms with Crippen LogP contribution < -0.4 is 14.8 Å². The van der Waals surface area contributed by atoms with Crippen molar-refractivity contribution in [2.75, 3.05) is 33.9 Å². The van der Waals surface area contributed by atoms with E-state index in [0.29, 0.717) is 5.92 Å². The normalized spacial score (nSPS) is 17.4. The first-order chi connectivity index (χ1) is 11.9. The van der Waals surface area contributed by atoms with Crippen molar-refractivity contribution >= 4 is 5.91 Å². The molecule has 2 rings (SSSR count). The zero-order valence-corrected chi connectivity index (χ0v) is 16.2. The van der Waals surface area contributed by atoms with Gasteiger partial charge in [0.2, 0.25) is 5.91 Å². The molecule has 0 radical (unpaired) electrons. The fourth-order valence-electron chi connectivity index (χ4n) is 3.48. The molecular formula is C20H32N2O3. The molecule has 140 valence electrons. The van der Waals surface area contributed by atoms with Gasteiger partial charge in [0.25, 0.3) is 0 Å². The first-order valence-corrected chi connectivity index (χ1v) is 9.19. The Hall–Kier alpha value is -1.75. The lowest BCUT2D eigenvalue weighted by molar-refractivity contribution is -0.127. The summed E-state index contributed by atoms with van der Waals surface area (Å²) in [7, 11) is 3.28. The number of carbonyl (C=O) groups is 1. The molecule has 1 aliphatic rings. The van der Waals surface area contributed by atoms with E-state index in [9.17, 15) is 4.79 Å². The number of methoxy groups -OCH3 is 2. The molecule has 1 N–H and O–H groups in total. The molecule has 1 aromatic carbocycles. The summed E-state index contributed by atoms with van der Waals surface area (Å²) in [6.45, 7) is 9.60. The highest BCUT2D eigenvalue weighted by Gasteiger charge is 2.26. The number of nitrogens with zero attached hydrogens (tertiary/aromatic N) is 1. The van der Waals surface area contributed by atoms with E-state index in [0.717, 1.165) is 49.5 Å². The van der Waals surface area contributed by atoms with E-state index in [-0.39, 0.29) is 17.9 Å². The number of hydrogen-bond donors (Lipinski definition) is 1. The van der Waals surface area contributed by atoms with Gasteiger partial charge < -0.3 is 19.7 Å². The Labute approximate surface area is 151 Å². The minimum Gasteiger partial charge on any atom is -0.497 e. The van der Waals surface area contributed by atoms with Gasteiger partial charge in [0.15, 0.2) is 0 Å². The van der Waals surface area contributed by atoms with Gasteiger partial charge in [-0.1, -0.05) is 13.8 Å². The number of nitrogens with one attached hydrogen (secondary N) is 1. The second-order valence-corrected chi connectivity index (χ2v) is 7.31. The van der Waals surface area contributed by atoms with E-state index in [4.69, 9.17) is 9.47 Å². The van der Waals surface area contributed by atoms with E-state index in [1.54, 1.807) is 14.2 Å². The summed E-state index contributed by atoms with van der Waals surface area (Å²) in [5.74, 6) is 2.44. The molecule has 0 aliphatic carbocycles. The average Bonchev–Trinajstić information content (AvgIpc) is 2.61. The highest BCUT2D eigenvalue weighted by atomic mass is 16.5. The molecule has 1 aliphatic heterocycles. The number of benzene rings is 1. The summed E-state index contributed by atoms with van der Waals surface area (Å²) in [4.78, 5) is 15.1. The summed E-state index contributed by atoms with van der Waals surface area (Å²) in [5.41, 5.74) is 0.937. The summed E-state index contributed by atoms with van der Waals surface area (Å²) in [6, 6.07) is 5.55. The van der Waals surface area contributed by atoms with Gasteiger partial charge in [-0.2, -0.15) is 0 Å². The Morgan fingerprint density at radius 1 is 1.20 bits per heavy atom. The van der Waals surface area contributed by atoms with Crippen molar-refractivity contribution < 1.29 is 14.3 Å². The summed E-state index contributed by atoms with van der Waals surface area (Å²) < 4.78 is 10.7. The maximum absolute atomic E-state index is 12.7. The van der Waals surface area contributed by atoms with Gasteiger partial charge >= 0.3 is 0 Å². The highest BCUT2D eigenvalue weighted by molar-refractivity contribution is 5.79. The second-order valence-electron chi connectivity index (χ2n) is 7.31. The van der Waals surface area contributed by atoms with Crippen LogP contribution in [-0.2, 0) is 4.79 Å². The topological polar surface area (TPSA) is 50.8 Å². The number of likely N-dealkylation sites (tertiary alicyclic amines) is 1. The number of ether oxygens (including phenoxy) is 2. The molecule has 1 atom stereocenters. The van der Waals surface area contributed by atoms with Crippen LogP contribution in [0.5, 0.6) is 11.5 Å². The van der Waals surface area contributed by atoms with Crippen LogP contribution in [0.3, 0.4) is 0 Å². The molecule has 0 unspecified atom stereocenters. The summed E-state index contributed by atoms with van der Waals surface area (Å²) in [6.07, 6.45) is 1.86. The minimum absolute atomic E-state index is 0.0995. The van der Waals surface area contributed by atoms with E-state index < -0.39 is 0 Å². The third-order valence-electron chi connectivity index (χ3n) is 4.84. The molecule has 5 nitrogen and oxygen atoms in total. The van der Waals surface area contributed by atoms with Gasteiger partial charge in [0.05, 0.1) is 20.3 Å². The Morgan fingerprint density at radius 2 is 1.88 bits per heavy atom. The Morgan fingerprint density at radius 3 is 2.44 bits per heavy atom. The van der Waals surface area contributed by atoms with E-state index in [1.165, 1.54) is 0 Å². The summed E-state index contributed by atoms with van der Waals surface area (Å²) >= 11 is 0. The third-order valence-corrected chi connectivity index (χ3v) is 4.84. The van der Waals surface area contributed by atoms with Crippen molar-refractivity contribution in [3.63, 3.8) is 0 Å². The number of amides is 1. The zero-order chi connectivity index (χ0) is 18.4. The molecule has 0 spiro atoms. The van der Waals surface area contributed by atoms with Crippen molar-refractivity contribution in [1.29, 1.82) is 0 Å². The first-order valence-electron chi connectivity index (χ1n) is 9.19. The van der Waals surface area contributed by atoms with Crippen LogP contribution in [0.1, 0.15) is 45.2 Å². The minimum atomic E-state index is -0.119. The van der Waals surface area contributed by atoms with Crippen molar-refractivity contribution in [1.82, 2.24) is 10.2 Å². The molecule has 0 aromatic heterocycles. The molecule has 1 amide bonds. The zero-order valence-electron chi connectivity index (χ0n) is 16.2. The Bertz CT molecular complexity index is 566. The standard InChI is InChI=1S/C20H32N2O3/c1-14(2)13-22-10-8-16(9-11-22)20(23)21-15(3)18-12-17(24-4)6-7-19(18)25-5/h6-7,12,14-16H,8-11,13H2,1-5H3,(H,21,23)/t15-/m0/s1. The predicted molar refractivity (Wildman–Crippen MR) is 100 cm³/mol. The number of carbonyl (C=O) groups excluding carboxylic acids is 1. The maximum atomic E-state index is 12.7. The molecule has 1 aromatic rings. The van der Waals surface area contributed by atoms with Crippen LogP contribution in [0.4, 0.5) is 0 Å². The van der Waals surface area contributed by atoms with Gasteiger partial charge in [-0.15, -0.1) is 0 Å². The molecule has 1 saturated heterocycles. The van der Waals surface area contributed by atoms with E-state index in [1.807, 2.05) is 25.1 Å². The van der Waals surface area contributed by atoms with E-state index >= 15 is 0 Å². The lowest BCUT2D eigenvalue weighted by Gasteiger charge is -2.32.